The number of aryl methyl sites for hydroxylation is 2. The Bertz CT molecular complexity index is 696. The van der Waals surface area contributed by atoms with Gasteiger partial charge in [0.05, 0.1) is 6.54 Å². The average Bonchev–Trinajstić information content (AvgIpc) is 2.93. The molecule has 0 radical (unpaired) electrons. The van der Waals surface area contributed by atoms with Gasteiger partial charge < -0.3 is 9.09 Å². The summed E-state index contributed by atoms with van der Waals surface area (Å²) < 4.78 is 34.0. The zero-order valence-corrected chi connectivity index (χ0v) is 13.4. The van der Waals surface area contributed by atoms with E-state index >= 15 is 0 Å². The van der Waals surface area contributed by atoms with E-state index in [2.05, 4.69) is 28.7 Å². The Hall–Kier alpha value is -1.67. The Balaban J connectivity index is 2.15. The molecule has 0 fully saturated rings. The van der Waals surface area contributed by atoms with E-state index < -0.39 is 10.0 Å². The number of imidazole rings is 1. The molecule has 2 aromatic rings. The van der Waals surface area contributed by atoms with Gasteiger partial charge in [-0.15, -0.1) is 0 Å². The van der Waals surface area contributed by atoms with Crippen LogP contribution in [0.3, 0.4) is 0 Å². The van der Waals surface area contributed by atoms with Crippen molar-refractivity contribution in [2.75, 3.05) is 0 Å². The van der Waals surface area contributed by atoms with E-state index in [-0.39, 0.29) is 17.2 Å². The van der Waals surface area contributed by atoms with Gasteiger partial charge in [0.15, 0.2) is 5.76 Å². The minimum Gasteiger partial charge on any atom is -0.360 e. The van der Waals surface area contributed by atoms with Crippen LogP contribution in [0.5, 0.6) is 0 Å². The van der Waals surface area contributed by atoms with Crippen LogP contribution in [0.15, 0.2) is 21.8 Å². The van der Waals surface area contributed by atoms with Crippen molar-refractivity contribution in [3.05, 3.63) is 29.7 Å². The predicted octanol–water partition coefficient (Wildman–Crippen LogP) is 1.62. The second-order valence-corrected chi connectivity index (χ2v) is 7.07. The van der Waals surface area contributed by atoms with Crippen molar-refractivity contribution in [1.29, 1.82) is 0 Å². The number of hydrogen-bond donors (Lipinski definition) is 1. The zero-order chi connectivity index (χ0) is 15.6. The van der Waals surface area contributed by atoms with Crippen molar-refractivity contribution in [1.82, 2.24) is 19.4 Å². The minimum absolute atomic E-state index is 0.101. The molecule has 0 saturated carbocycles. The predicted molar refractivity (Wildman–Crippen MR) is 77.1 cm³/mol. The molecule has 0 amide bonds. The minimum atomic E-state index is -3.66. The molecule has 8 heteroatoms. The lowest BCUT2D eigenvalue weighted by Gasteiger charge is -2.11. The fourth-order valence-corrected chi connectivity index (χ4v) is 3.46. The van der Waals surface area contributed by atoms with E-state index in [0.29, 0.717) is 17.4 Å². The fourth-order valence-electron chi connectivity index (χ4n) is 2.16. The molecule has 21 heavy (non-hydrogen) atoms. The molecular formula is C13H20N4O3S. The molecule has 2 aromatic heterocycles. The summed E-state index contributed by atoms with van der Waals surface area (Å²) in [6.07, 6.45) is 3.52. The fraction of sp³-hybridized carbons (Fsp3) is 0.538. The van der Waals surface area contributed by atoms with E-state index in [1.165, 1.54) is 0 Å². The van der Waals surface area contributed by atoms with E-state index in [1.54, 1.807) is 20.0 Å². The molecule has 0 unspecified atom stereocenters. The van der Waals surface area contributed by atoms with Gasteiger partial charge in [0, 0.05) is 18.9 Å². The van der Waals surface area contributed by atoms with Crippen LogP contribution in [-0.2, 0) is 23.1 Å². The number of rotatable bonds is 6. The highest BCUT2D eigenvalue weighted by atomic mass is 32.2. The maximum atomic E-state index is 12.3. The van der Waals surface area contributed by atoms with E-state index in [1.807, 2.05) is 10.8 Å². The second-order valence-electron chi connectivity index (χ2n) is 5.37. The first-order valence-electron chi connectivity index (χ1n) is 6.74. The Kier molecular flexibility index (Phi) is 4.48. The second kappa shape index (κ2) is 5.98. The van der Waals surface area contributed by atoms with Crippen molar-refractivity contribution >= 4 is 10.0 Å². The average molecular weight is 312 g/mol. The third-order valence-corrected chi connectivity index (χ3v) is 4.67. The lowest BCUT2D eigenvalue weighted by atomic mass is 10.2. The summed E-state index contributed by atoms with van der Waals surface area (Å²) in [7, 11) is -3.66. The molecule has 116 valence electrons. The number of sulfonamides is 1. The topological polar surface area (TPSA) is 90.0 Å². The van der Waals surface area contributed by atoms with E-state index in [4.69, 9.17) is 4.52 Å². The molecule has 0 aliphatic heterocycles. The van der Waals surface area contributed by atoms with E-state index in [9.17, 15) is 8.42 Å². The molecule has 0 saturated heterocycles. The summed E-state index contributed by atoms with van der Waals surface area (Å²) in [6.45, 7) is 8.29. The molecule has 0 aliphatic rings. The standard InChI is InChI=1S/C13H20N4O3S/c1-9(2)8-17-6-5-14-12(17)7-15-21(18,19)13-10(3)16-20-11(13)4/h5-6,9,15H,7-8H2,1-4H3. The normalized spacial score (nSPS) is 12.2. The van der Waals surface area contributed by atoms with E-state index in [0.717, 1.165) is 6.54 Å². The molecule has 7 nitrogen and oxygen atoms in total. The molecule has 0 atom stereocenters. The van der Waals surface area contributed by atoms with Gasteiger partial charge in [-0.05, 0) is 19.8 Å². The largest absolute Gasteiger partial charge is 0.360 e. The quantitative estimate of drug-likeness (QED) is 0.875. The molecule has 2 rings (SSSR count). The molecular weight excluding hydrogens is 292 g/mol. The van der Waals surface area contributed by atoms with Crippen LogP contribution < -0.4 is 4.72 Å². The van der Waals surface area contributed by atoms with Gasteiger partial charge in [0.2, 0.25) is 10.0 Å². The molecule has 0 aromatic carbocycles. The summed E-state index contributed by atoms with van der Waals surface area (Å²) in [5.41, 5.74) is 0.352. The first kappa shape index (κ1) is 15.7. The highest BCUT2D eigenvalue weighted by Gasteiger charge is 2.24. The maximum Gasteiger partial charge on any atom is 0.246 e. The van der Waals surface area contributed by atoms with Gasteiger partial charge in [0.25, 0.3) is 0 Å². The Morgan fingerprint density at radius 2 is 2.10 bits per heavy atom. The highest BCUT2D eigenvalue weighted by molar-refractivity contribution is 7.89. The van der Waals surface area contributed by atoms with Crippen LogP contribution in [0.2, 0.25) is 0 Å². The van der Waals surface area contributed by atoms with Gasteiger partial charge >= 0.3 is 0 Å². The zero-order valence-electron chi connectivity index (χ0n) is 12.6. The number of nitrogens with one attached hydrogen (secondary N) is 1. The van der Waals surface area contributed by atoms with Crippen LogP contribution in [0, 0.1) is 19.8 Å². The lowest BCUT2D eigenvalue weighted by Crippen LogP contribution is -2.26. The third kappa shape index (κ3) is 3.51. The molecule has 0 aliphatic carbocycles. The lowest BCUT2D eigenvalue weighted by molar-refractivity contribution is 0.390. The van der Waals surface area contributed by atoms with Gasteiger partial charge in [-0.3, -0.25) is 0 Å². The summed E-state index contributed by atoms with van der Waals surface area (Å²) in [6, 6.07) is 0. The molecule has 0 spiro atoms. The van der Waals surface area contributed by atoms with Crippen LogP contribution in [0.1, 0.15) is 31.1 Å². The van der Waals surface area contributed by atoms with Crippen molar-refractivity contribution in [3.63, 3.8) is 0 Å². The van der Waals surface area contributed by atoms with Crippen molar-refractivity contribution < 1.29 is 12.9 Å². The van der Waals surface area contributed by atoms with Crippen molar-refractivity contribution in [2.24, 2.45) is 5.92 Å². The van der Waals surface area contributed by atoms with Crippen LogP contribution in [-0.4, -0.2) is 23.1 Å². The van der Waals surface area contributed by atoms with Crippen LogP contribution in [0.25, 0.3) is 0 Å². The smallest absolute Gasteiger partial charge is 0.246 e. The Morgan fingerprint density at radius 3 is 2.67 bits per heavy atom. The Labute approximate surface area is 124 Å². The Morgan fingerprint density at radius 1 is 1.38 bits per heavy atom. The monoisotopic (exact) mass is 312 g/mol. The summed E-state index contributed by atoms with van der Waals surface area (Å²) >= 11 is 0. The molecule has 2 heterocycles. The van der Waals surface area contributed by atoms with Gasteiger partial charge in [-0.25, -0.2) is 18.1 Å². The third-order valence-electron chi connectivity index (χ3n) is 3.02. The van der Waals surface area contributed by atoms with Crippen molar-refractivity contribution in [2.45, 2.75) is 45.7 Å². The number of hydrogen-bond acceptors (Lipinski definition) is 5. The van der Waals surface area contributed by atoms with Gasteiger partial charge in [-0.2, -0.15) is 0 Å². The maximum absolute atomic E-state index is 12.3. The first-order valence-corrected chi connectivity index (χ1v) is 8.22. The summed E-state index contributed by atoms with van der Waals surface area (Å²) in [5, 5.41) is 3.67. The van der Waals surface area contributed by atoms with Crippen molar-refractivity contribution in [3.8, 4) is 0 Å². The number of aromatic nitrogens is 3. The summed E-state index contributed by atoms with van der Waals surface area (Å²) in [5.74, 6) is 1.42. The van der Waals surface area contributed by atoms with Gasteiger partial charge in [0.1, 0.15) is 16.4 Å². The van der Waals surface area contributed by atoms with Crippen LogP contribution in [0.4, 0.5) is 0 Å². The number of nitrogens with zero attached hydrogens (tertiary/aromatic N) is 3. The summed E-state index contributed by atoms with van der Waals surface area (Å²) in [4.78, 5) is 4.30. The van der Waals surface area contributed by atoms with Gasteiger partial charge in [-0.1, -0.05) is 19.0 Å². The molecule has 1 N–H and O–H groups in total. The van der Waals surface area contributed by atoms with Crippen LogP contribution >= 0.6 is 0 Å². The first-order chi connectivity index (χ1) is 9.81. The SMILES string of the molecule is Cc1noc(C)c1S(=O)(=O)NCc1nccn1CC(C)C. The highest BCUT2D eigenvalue weighted by Crippen LogP contribution is 2.18. The molecule has 0 bridgehead atoms.